The molecule has 1 aliphatic carbocycles. The number of aromatic nitrogens is 2. The Bertz CT molecular complexity index is 1130. The van der Waals surface area contributed by atoms with Crippen LogP contribution in [0.2, 0.25) is 0 Å². The Morgan fingerprint density at radius 3 is 2.62 bits per heavy atom. The van der Waals surface area contributed by atoms with E-state index in [0.717, 1.165) is 62.7 Å². The summed E-state index contributed by atoms with van der Waals surface area (Å²) in [5, 5.41) is 4.65. The van der Waals surface area contributed by atoms with Gasteiger partial charge in [0.15, 0.2) is 0 Å². The van der Waals surface area contributed by atoms with Gasteiger partial charge in [-0.25, -0.2) is 4.98 Å². The molecule has 0 spiro atoms. The van der Waals surface area contributed by atoms with Gasteiger partial charge in [-0.05, 0) is 61.2 Å². The van der Waals surface area contributed by atoms with Gasteiger partial charge in [0.1, 0.15) is 11.5 Å². The number of likely N-dealkylation sites (N-methyl/N-ethyl adjacent to an activating group) is 1. The zero-order valence-corrected chi connectivity index (χ0v) is 19.1. The molecular formula is C25H31N5O2. The van der Waals surface area contributed by atoms with Gasteiger partial charge in [0.05, 0.1) is 13.2 Å². The minimum atomic E-state index is 0.128. The van der Waals surface area contributed by atoms with E-state index in [1.165, 1.54) is 22.3 Å². The zero-order chi connectivity index (χ0) is 22.2. The highest BCUT2D eigenvalue weighted by atomic mass is 16.5. The molecule has 2 aromatic heterocycles. The molecule has 5 rings (SSSR count). The highest BCUT2D eigenvalue weighted by Gasteiger charge is 2.28. The van der Waals surface area contributed by atoms with Gasteiger partial charge in [-0.15, -0.1) is 0 Å². The molecule has 0 bridgehead atoms. The lowest BCUT2D eigenvalue weighted by Crippen LogP contribution is -2.39. The van der Waals surface area contributed by atoms with Crippen LogP contribution in [-0.2, 0) is 29.4 Å². The van der Waals surface area contributed by atoms with Crippen molar-refractivity contribution in [3.8, 4) is 0 Å². The first-order valence-corrected chi connectivity index (χ1v) is 11.4. The number of anilines is 3. The molecule has 1 saturated heterocycles. The van der Waals surface area contributed by atoms with Crippen molar-refractivity contribution in [1.29, 1.82) is 0 Å². The molecule has 7 nitrogen and oxygen atoms in total. The molecule has 7 heteroatoms. The first kappa shape index (κ1) is 20.8. The van der Waals surface area contributed by atoms with E-state index < -0.39 is 0 Å². The standard InChI is InChI=1S/C25H31N5O2/c1-17(31)28(2)20-8-10-23-22(16-20)21-9-11-24(27-25(21)29(23)3)26-18-4-6-19(7-5-18)30-12-14-32-15-13-30/h4-7,9,11,20H,8,10,12-16H2,1-3H3,(H,26,27). The van der Waals surface area contributed by atoms with E-state index in [9.17, 15) is 4.79 Å². The summed E-state index contributed by atoms with van der Waals surface area (Å²) in [5.74, 6) is 0.968. The third-order valence-electron chi connectivity index (χ3n) is 6.99. The summed E-state index contributed by atoms with van der Waals surface area (Å²) in [6, 6.07) is 13.0. The van der Waals surface area contributed by atoms with Crippen molar-refractivity contribution >= 4 is 34.1 Å². The molecule has 168 valence electrons. The Balaban J connectivity index is 1.36. The van der Waals surface area contributed by atoms with E-state index >= 15 is 0 Å². The molecule has 3 aromatic rings. The Labute approximate surface area is 189 Å². The topological polar surface area (TPSA) is 62.6 Å². The minimum absolute atomic E-state index is 0.128. The third-order valence-corrected chi connectivity index (χ3v) is 6.99. The number of ether oxygens (including phenoxy) is 1. The monoisotopic (exact) mass is 433 g/mol. The van der Waals surface area contributed by atoms with Crippen molar-refractivity contribution < 1.29 is 9.53 Å². The van der Waals surface area contributed by atoms with E-state index in [4.69, 9.17) is 9.72 Å². The summed E-state index contributed by atoms with van der Waals surface area (Å²) in [5.41, 5.74) is 5.92. The number of hydrogen-bond donors (Lipinski definition) is 1. The second-order valence-electron chi connectivity index (χ2n) is 8.85. The zero-order valence-electron chi connectivity index (χ0n) is 19.1. The average Bonchev–Trinajstić information content (AvgIpc) is 3.10. The summed E-state index contributed by atoms with van der Waals surface area (Å²) in [6.45, 7) is 5.09. The maximum absolute atomic E-state index is 11.8. The van der Waals surface area contributed by atoms with Crippen molar-refractivity contribution in [2.24, 2.45) is 7.05 Å². The van der Waals surface area contributed by atoms with Crippen molar-refractivity contribution in [3.63, 3.8) is 0 Å². The Morgan fingerprint density at radius 1 is 1.16 bits per heavy atom. The normalized spacial score (nSPS) is 18.5. The molecule has 1 amide bonds. The highest BCUT2D eigenvalue weighted by Crippen LogP contribution is 2.33. The number of amides is 1. The van der Waals surface area contributed by atoms with E-state index in [0.29, 0.717) is 0 Å². The van der Waals surface area contributed by atoms with Gasteiger partial charge < -0.3 is 24.4 Å². The second-order valence-corrected chi connectivity index (χ2v) is 8.85. The van der Waals surface area contributed by atoms with Crippen LogP contribution in [-0.4, -0.2) is 59.8 Å². The van der Waals surface area contributed by atoms with Gasteiger partial charge >= 0.3 is 0 Å². The quantitative estimate of drug-likeness (QED) is 0.683. The van der Waals surface area contributed by atoms with Crippen LogP contribution in [0.5, 0.6) is 0 Å². The summed E-state index contributed by atoms with van der Waals surface area (Å²) in [6.07, 6.45) is 2.85. The van der Waals surface area contributed by atoms with Crippen LogP contribution in [0.15, 0.2) is 36.4 Å². The summed E-state index contributed by atoms with van der Waals surface area (Å²) in [4.78, 5) is 21.0. The fraction of sp³-hybridized carbons (Fsp3) is 0.440. The predicted molar refractivity (Wildman–Crippen MR) is 128 cm³/mol. The molecule has 3 heterocycles. The molecule has 1 aromatic carbocycles. The first-order valence-electron chi connectivity index (χ1n) is 11.4. The van der Waals surface area contributed by atoms with E-state index in [1.807, 2.05) is 11.9 Å². The Kier molecular flexibility index (Phi) is 5.51. The van der Waals surface area contributed by atoms with Gasteiger partial charge in [0, 0.05) is 62.6 Å². The number of carbonyl (C=O) groups is 1. The lowest BCUT2D eigenvalue weighted by Gasteiger charge is -2.31. The van der Waals surface area contributed by atoms with E-state index in [1.54, 1.807) is 6.92 Å². The van der Waals surface area contributed by atoms with Gasteiger partial charge in [-0.3, -0.25) is 4.79 Å². The molecule has 32 heavy (non-hydrogen) atoms. The number of pyridine rings is 1. The number of benzene rings is 1. The first-order chi connectivity index (χ1) is 15.5. The number of aryl methyl sites for hydroxylation is 1. The molecule has 2 aliphatic rings. The van der Waals surface area contributed by atoms with E-state index in [-0.39, 0.29) is 11.9 Å². The number of nitrogens with one attached hydrogen (secondary N) is 1. The smallest absolute Gasteiger partial charge is 0.219 e. The van der Waals surface area contributed by atoms with Crippen LogP contribution in [0.25, 0.3) is 11.0 Å². The summed E-state index contributed by atoms with van der Waals surface area (Å²) < 4.78 is 7.67. The van der Waals surface area contributed by atoms with Crippen molar-refractivity contribution in [2.45, 2.75) is 32.2 Å². The van der Waals surface area contributed by atoms with Gasteiger partial charge in [-0.1, -0.05) is 0 Å². The fourth-order valence-electron chi connectivity index (χ4n) is 5.00. The molecule has 1 unspecified atom stereocenters. The molecule has 1 atom stereocenters. The lowest BCUT2D eigenvalue weighted by atomic mass is 9.91. The van der Waals surface area contributed by atoms with Gasteiger partial charge in [0.25, 0.3) is 0 Å². The minimum Gasteiger partial charge on any atom is -0.378 e. The average molecular weight is 434 g/mol. The van der Waals surface area contributed by atoms with Crippen molar-refractivity contribution in [1.82, 2.24) is 14.5 Å². The summed E-state index contributed by atoms with van der Waals surface area (Å²) >= 11 is 0. The maximum atomic E-state index is 11.8. The van der Waals surface area contributed by atoms with Gasteiger partial charge in [0.2, 0.25) is 5.91 Å². The molecule has 1 N–H and O–H groups in total. The Morgan fingerprint density at radius 2 is 1.91 bits per heavy atom. The van der Waals surface area contributed by atoms with Crippen LogP contribution < -0.4 is 10.2 Å². The van der Waals surface area contributed by atoms with Gasteiger partial charge in [-0.2, -0.15) is 0 Å². The van der Waals surface area contributed by atoms with Crippen LogP contribution in [0.1, 0.15) is 24.6 Å². The second kappa shape index (κ2) is 8.47. The van der Waals surface area contributed by atoms with Crippen LogP contribution in [0.3, 0.4) is 0 Å². The van der Waals surface area contributed by atoms with Crippen LogP contribution in [0.4, 0.5) is 17.2 Å². The fourth-order valence-corrected chi connectivity index (χ4v) is 5.00. The number of carbonyl (C=O) groups excluding carboxylic acids is 1. The van der Waals surface area contributed by atoms with Crippen LogP contribution in [0, 0.1) is 0 Å². The van der Waals surface area contributed by atoms with E-state index in [2.05, 4.69) is 58.2 Å². The number of morpholine rings is 1. The highest BCUT2D eigenvalue weighted by molar-refractivity contribution is 5.85. The predicted octanol–water partition coefficient (Wildman–Crippen LogP) is 3.49. The molecule has 0 saturated carbocycles. The van der Waals surface area contributed by atoms with Crippen molar-refractivity contribution in [2.75, 3.05) is 43.6 Å². The number of fused-ring (bicyclic) bond motifs is 3. The van der Waals surface area contributed by atoms with Crippen molar-refractivity contribution in [3.05, 3.63) is 47.7 Å². The van der Waals surface area contributed by atoms with Crippen LogP contribution >= 0.6 is 0 Å². The molecule has 0 radical (unpaired) electrons. The number of nitrogens with zero attached hydrogens (tertiary/aromatic N) is 4. The number of hydrogen-bond acceptors (Lipinski definition) is 5. The third kappa shape index (κ3) is 3.81. The maximum Gasteiger partial charge on any atom is 0.219 e. The summed E-state index contributed by atoms with van der Waals surface area (Å²) in [7, 11) is 4.01. The molecule has 1 fully saturated rings. The SMILES string of the molecule is CC(=O)N(C)C1CCc2c(c3ccc(Nc4ccc(N5CCOCC5)cc4)nc3n2C)C1. The molecule has 1 aliphatic heterocycles. The number of rotatable bonds is 4. The largest absolute Gasteiger partial charge is 0.378 e. The Hall–Kier alpha value is -3.06. The molecular weight excluding hydrogens is 402 g/mol. The lowest BCUT2D eigenvalue weighted by molar-refractivity contribution is -0.129.